The first kappa shape index (κ1) is 31.7. The third kappa shape index (κ3) is 9.63. The Hall–Kier alpha value is -3.51. The zero-order valence-corrected chi connectivity index (χ0v) is 22.8. The van der Waals surface area contributed by atoms with E-state index in [4.69, 9.17) is 9.47 Å². The Kier molecular flexibility index (Phi) is 13.4. The van der Waals surface area contributed by atoms with Crippen molar-refractivity contribution in [1.82, 2.24) is 20.9 Å². The van der Waals surface area contributed by atoms with Crippen molar-refractivity contribution in [2.24, 2.45) is 0 Å². The number of ketones is 1. The first-order chi connectivity index (χ1) is 18.7. The Labute approximate surface area is 228 Å². The molecule has 4 atom stereocenters. The molecule has 1 aromatic carbocycles. The maximum atomic E-state index is 13.8. The zero-order valence-electron chi connectivity index (χ0n) is 22.8. The predicted molar refractivity (Wildman–Crippen MR) is 141 cm³/mol. The van der Waals surface area contributed by atoms with Gasteiger partial charge in [-0.05, 0) is 38.7 Å². The Morgan fingerprint density at radius 3 is 2.46 bits per heavy atom. The van der Waals surface area contributed by atoms with Crippen LogP contribution in [0.25, 0.3) is 0 Å². The smallest absolute Gasteiger partial charge is 0.407 e. The molecule has 1 heterocycles. The van der Waals surface area contributed by atoms with E-state index in [1.807, 2.05) is 6.92 Å². The summed E-state index contributed by atoms with van der Waals surface area (Å²) in [5.41, 5.74) is 0.545. The maximum absolute atomic E-state index is 13.8. The molecule has 0 bridgehead atoms. The molecular formula is C27H40N4O8. The van der Waals surface area contributed by atoms with Crippen LogP contribution in [-0.2, 0) is 28.7 Å². The normalized spacial score (nSPS) is 17.0. The summed E-state index contributed by atoms with van der Waals surface area (Å²) in [5, 5.41) is 17.7. The topological polar surface area (TPSA) is 163 Å². The van der Waals surface area contributed by atoms with Gasteiger partial charge in [-0.3, -0.25) is 24.5 Å². The monoisotopic (exact) mass is 548 g/mol. The Balaban J connectivity index is 2.16. The second-order valence-electron chi connectivity index (χ2n) is 9.22. The van der Waals surface area contributed by atoms with Crippen LogP contribution in [0.15, 0.2) is 30.3 Å². The molecule has 0 spiro atoms. The van der Waals surface area contributed by atoms with Gasteiger partial charge in [0.1, 0.15) is 18.6 Å². The van der Waals surface area contributed by atoms with E-state index in [1.54, 1.807) is 37.3 Å². The quantitative estimate of drug-likeness (QED) is 0.184. The number of aliphatic hydroxyl groups is 1. The van der Waals surface area contributed by atoms with Gasteiger partial charge in [0, 0.05) is 6.54 Å². The largest absolute Gasteiger partial charge is 0.465 e. The van der Waals surface area contributed by atoms with Crippen LogP contribution in [0.5, 0.6) is 0 Å². The Bertz CT molecular complexity index is 974. The number of carbonyl (C=O) groups excluding carboxylic acids is 5. The highest BCUT2D eigenvalue weighted by molar-refractivity contribution is 5.96. The lowest BCUT2D eigenvalue weighted by atomic mass is 9.95. The van der Waals surface area contributed by atoms with Gasteiger partial charge in [0.05, 0.1) is 31.9 Å². The number of nitrogens with zero attached hydrogens (tertiary/aromatic N) is 1. The minimum Gasteiger partial charge on any atom is -0.465 e. The number of rotatable bonds is 15. The Morgan fingerprint density at radius 1 is 1.10 bits per heavy atom. The minimum atomic E-state index is -1.21. The molecule has 1 aliphatic heterocycles. The van der Waals surface area contributed by atoms with E-state index in [-0.39, 0.29) is 25.5 Å². The summed E-state index contributed by atoms with van der Waals surface area (Å²) in [4.78, 5) is 64.8. The van der Waals surface area contributed by atoms with E-state index in [0.717, 1.165) is 6.42 Å². The number of Topliss-reactive ketones (excluding diaryl/α,β-unsaturated/α-hetero) is 1. The Morgan fingerprint density at radius 2 is 1.82 bits per heavy atom. The van der Waals surface area contributed by atoms with Gasteiger partial charge >= 0.3 is 12.1 Å². The molecule has 4 N–H and O–H groups in total. The fourth-order valence-corrected chi connectivity index (χ4v) is 4.25. The molecule has 1 aliphatic rings. The average Bonchev–Trinajstić information content (AvgIpc) is 3.42. The number of unbranched alkanes of at least 4 members (excludes halogenated alkanes) is 1. The summed E-state index contributed by atoms with van der Waals surface area (Å²) in [6.07, 6.45) is 1.86. The zero-order chi connectivity index (χ0) is 28.8. The van der Waals surface area contributed by atoms with Crippen molar-refractivity contribution in [2.45, 2.75) is 70.6 Å². The second kappa shape index (κ2) is 16.5. The van der Waals surface area contributed by atoms with Crippen molar-refractivity contribution in [3.63, 3.8) is 0 Å². The number of ether oxygens (including phenoxy) is 2. The van der Waals surface area contributed by atoms with Gasteiger partial charge < -0.3 is 30.1 Å². The molecule has 216 valence electrons. The molecule has 1 aromatic rings. The van der Waals surface area contributed by atoms with Crippen molar-refractivity contribution >= 4 is 29.7 Å². The number of likely N-dealkylation sites (tertiary alicyclic amines) is 1. The van der Waals surface area contributed by atoms with E-state index in [2.05, 4.69) is 16.0 Å². The highest BCUT2D eigenvalue weighted by atomic mass is 16.5. The molecule has 3 unspecified atom stereocenters. The fraction of sp³-hybridized carbons (Fsp3) is 0.593. The molecule has 12 nitrogen and oxygen atoms in total. The summed E-state index contributed by atoms with van der Waals surface area (Å²) in [7, 11) is 0. The van der Waals surface area contributed by atoms with Gasteiger partial charge in [-0.1, -0.05) is 43.7 Å². The highest BCUT2D eigenvalue weighted by Crippen LogP contribution is 2.26. The maximum Gasteiger partial charge on any atom is 0.407 e. The number of hydrogen-bond donors (Lipinski definition) is 4. The molecule has 12 heteroatoms. The summed E-state index contributed by atoms with van der Waals surface area (Å²) < 4.78 is 9.88. The lowest BCUT2D eigenvalue weighted by molar-refractivity contribution is -0.143. The fourth-order valence-electron chi connectivity index (χ4n) is 4.25. The van der Waals surface area contributed by atoms with E-state index in [1.165, 1.54) is 11.8 Å². The number of amides is 3. The summed E-state index contributed by atoms with van der Waals surface area (Å²) in [6, 6.07) is 4.70. The van der Waals surface area contributed by atoms with E-state index < -0.39 is 54.7 Å². The van der Waals surface area contributed by atoms with Gasteiger partial charge in [-0.25, -0.2) is 4.79 Å². The van der Waals surface area contributed by atoms with Crippen LogP contribution >= 0.6 is 0 Å². The number of alkyl carbamates (subject to hydrolysis) is 1. The second-order valence-corrected chi connectivity index (χ2v) is 9.22. The lowest BCUT2D eigenvalue weighted by Crippen LogP contribution is -2.55. The lowest BCUT2D eigenvalue weighted by Gasteiger charge is -2.31. The molecular weight excluding hydrogens is 508 g/mol. The van der Waals surface area contributed by atoms with Crippen molar-refractivity contribution < 1.29 is 38.6 Å². The van der Waals surface area contributed by atoms with Crippen LogP contribution in [0.1, 0.15) is 58.1 Å². The molecule has 0 saturated carbocycles. The SMILES string of the molecule is CCCCOC(=O)NC(C)C(=O)N1CCCC1C(=O)C(N[C@@H](CO)C(=O)NCC(=O)OCC)c1ccccc1. The van der Waals surface area contributed by atoms with E-state index >= 15 is 0 Å². The van der Waals surface area contributed by atoms with E-state index in [9.17, 15) is 29.1 Å². The molecule has 1 fully saturated rings. The number of hydrogen-bond acceptors (Lipinski definition) is 9. The molecule has 39 heavy (non-hydrogen) atoms. The van der Waals surface area contributed by atoms with Crippen LogP contribution in [0.3, 0.4) is 0 Å². The van der Waals surface area contributed by atoms with E-state index in [0.29, 0.717) is 31.4 Å². The molecule has 3 amide bonds. The number of nitrogens with one attached hydrogen (secondary N) is 3. The van der Waals surface area contributed by atoms with Crippen molar-refractivity contribution in [2.75, 3.05) is 32.9 Å². The summed E-state index contributed by atoms with van der Waals surface area (Å²) in [5.74, 6) is -2.09. The van der Waals surface area contributed by atoms with Gasteiger partial charge in [0.15, 0.2) is 5.78 Å². The first-order valence-electron chi connectivity index (χ1n) is 13.4. The number of benzene rings is 1. The predicted octanol–water partition coefficient (Wildman–Crippen LogP) is 0.832. The third-order valence-corrected chi connectivity index (χ3v) is 6.30. The number of carbonyl (C=O) groups is 5. The van der Waals surface area contributed by atoms with Gasteiger partial charge in [0.2, 0.25) is 11.8 Å². The molecule has 0 aromatic heterocycles. The molecule has 0 aliphatic carbocycles. The van der Waals surface area contributed by atoms with Crippen LogP contribution in [-0.4, -0.2) is 90.7 Å². The average molecular weight is 549 g/mol. The van der Waals surface area contributed by atoms with Crippen molar-refractivity contribution in [3.8, 4) is 0 Å². The third-order valence-electron chi connectivity index (χ3n) is 6.30. The minimum absolute atomic E-state index is 0.158. The van der Waals surface area contributed by atoms with Crippen LogP contribution in [0, 0.1) is 0 Å². The molecule has 1 saturated heterocycles. The summed E-state index contributed by atoms with van der Waals surface area (Å²) in [6.45, 7) is 4.85. The number of esters is 1. The summed E-state index contributed by atoms with van der Waals surface area (Å²) >= 11 is 0. The standard InChI is InChI=1S/C27H40N4O8/c1-4-6-15-39-27(37)29-18(3)26(36)31-14-10-13-21(31)24(34)23(19-11-8-7-9-12-19)30-20(17-32)25(35)28-16-22(33)38-5-2/h7-9,11-12,18,20-21,23,30,32H,4-6,10,13-17H2,1-3H3,(H,28,35)(H,29,37)/t18?,20-,21?,23?/m0/s1. The van der Waals surface area contributed by atoms with Crippen LogP contribution in [0.2, 0.25) is 0 Å². The van der Waals surface area contributed by atoms with Crippen LogP contribution < -0.4 is 16.0 Å². The highest BCUT2D eigenvalue weighted by Gasteiger charge is 2.40. The van der Waals surface area contributed by atoms with Crippen LogP contribution in [0.4, 0.5) is 4.79 Å². The van der Waals surface area contributed by atoms with Gasteiger partial charge in [0.25, 0.3) is 0 Å². The van der Waals surface area contributed by atoms with Gasteiger partial charge in [-0.2, -0.15) is 0 Å². The number of aliphatic hydroxyl groups excluding tert-OH is 1. The molecule has 2 rings (SSSR count). The first-order valence-corrected chi connectivity index (χ1v) is 13.4. The van der Waals surface area contributed by atoms with Crippen molar-refractivity contribution in [3.05, 3.63) is 35.9 Å². The van der Waals surface area contributed by atoms with Crippen molar-refractivity contribution in [1.29, 1.82) is 0 Å². The van der Waals surface area contributed by atoms with Gasteiger partial charge in [-0.15, -0.1) is 0 Å². The molecule has 0 radical (unpaired) electrons.